The molecule has 6 rings (SSSR count). The molecule has 0 bridgehead atoms. The summed E-state index contributed by atoms with van der Waals surface area (Å²) in [5, 5.41) is 11.9. The van der Waals surface area contributed by atoms with Gasteiger partial charge in [0.25, 0.3) is 5.91 Å². The minimum absolute atomic E-state index is 0.127. The number of thiophene rings is 1. The van der Waals surface area contributed by atoms with Gasteiger partial charge in [0.05, 0.1) is 35.0 Å². The largest absolute Gasteiger partial charge is 0.493 e. The highest BCUT2D eigenvalue weighted by Gasteiger charge is 2.61. The van der Waals surface area contributed by atoms with Crippen LogP contribution >= 0.6 is 11.3 Å². The molecule has 0 saturated heterocycles. The number of benzene rings is 2. The number of nitrogens with zero attached hydrogens (tertiary/aromatic N) is 2. The number of para-hydroxylation sites is 1. The van der Waals surface area contributed by atoms with Gasteiger partial charge in [0.2, 0.25) is 0 Å². The Bertz CT molecular complexity index is 1240. The summed E-state index contributed by atoms with van der Waals surface area (Å²) in [5.41, 5.74) is 3.28. The second kappa shape index (κ2) is 6.59. The first-order chi connectivity index (χ1) is 15.2. The quantitative estimate of drug-likeness (QED) is 0.655. The van der Waals surface area contributed by atoms with Gasteiger partial charge in [0.1, 0.15) is 0 Å². The van der Waals surface area contributed by atoms with Crippen molar-refractivity contribution in [3.8, 4) is 11.5 Å². The maximum absolute atomic E-state index is 13.6. The molecule has 6 nitrogen and oxygen atoms in total. The summed E-state index contributed by atoms with van der Waals surface area (Å²) >= 11 is 1.65. The highest BCUT2D eigenvalue weighted by Crippen LogP contribution is 2.56. The molecule has 1 aromatic heterocycles. The molecule has 2 atom stereocenters. The fraction of sp³-hybridized carbons (Fsp3) is 0.250. The zero-order valence-electron chi connectivity index (χ0n) is 17.2. The fourth-order valence-electron chi connectivity index (χ4n) is 4.75. The number of nitrogens with one attached hydrogen (secondary N) is 1. The molecule has 0 unspecified atom stereocenters. The smallest absolute Gasteiger partial charge is 0.306 e. The summed E-state index contributed by atoms with van der Waals surface area (Å²) in [6.07, 6.45) is 1.56. The molecule has 3 aromatic rings. The molecule has 1 N–H and O–H groups in total. The summed E-state index contributed by atoms with van der Waals surface area (Å²) in [6.45, 7) is 2.10. The molecule has 31 heavy (non-hydrogen) atoms. The molecule has 3 aliphatic rings. The Morgan fingerprint density at radius 1 is 1.29 bits per heavy atom. The topological polar surface area (TPSA) is 63.2 Å². The summed E-state index contributed by atoms with van der Waals surface area (Å²) in [7, 11) is 1.62. The molecule has 1 spiro atoms. The lowest BCUT2D eigenvalue weighted by Gasteiger charge is -2.44. The van der Waals surface area contributed by atoms with E-state index in [1.54, 1.807) is 18.4 Å². The predicted molar refractivity (Wildman–Crippen MR) is 120 cm³/mol. The number of anilines is 1. The lowest BCUT2D eigenvalue weighted by molar-refractivity contribution is -0.161. The third-order valence-corrected chi connectivity index (χ3v) is 7.21. The summed E-state index contributed by atoms with van der Waals surface area (Å²) < 4.78 is 12.2. The Labute approximate surface area is 184 Å². The van der Waals surface area contributed by atoms with Gasteiger partial charge in [-0.3, -0.25) is 4.79 Å². The third kappa shape index (κ3) is 2.44. The van der Waals surface area contributed by atoms with E-state index in [0.717, 1.165) is 39.4 Å². The van der Waals surface area contributed by atoms with Gasteiger partial charge < -0.3 is 14.8 Å². The van der Waals surface area contributed by atoms with Gasteiger partial charge >= 0.3 is 5.72 Å². The SMILES string of the molecule is CCc1ccc2c(c1)[C@@]1(Oc3c(OC)cccc3[C@@H]3CC(c4cccs4)=NN31)C(=O)N2. The van der Waals surface area contributed by atoms with Crippen LogP contribution < -0.4 is 14.8 Å². The van der Waals surface area contributed by atoms with Crippen LogP contribution in [0.3, 0.4) is 0 Å². The van der Waals surface area contributed by atoms with Crippen molar-refractivity contribution in [2.75, 3.05) is 12.4 Å². The monoisotopic (exact) mass is 431 g/mol. The number of hydrogen-bond donors (Lipinski definition) is 1. The summed E-state index contributed by atoms with van der Waals surface area (Å²) in [6, 6.07) is 15.9. The van der Waals surface area contributed by atoms with E-state index in [0.29, 0.717) is 17.9 Å². The van der Waals surface area contributed by atoms with Crippen LogP contribution in [0.1, 0.15) is 41.0 Å². The van der Waals surface area contributed by atoms with Crippen LogP contribution in [-0.2, 0) is 16.9 Å². The number of hydrazone groups is 1. The van der Waals surface area contributed by atoms with Crippen molar-refractivity contribution in [2.24, 2.45) is 5.10 Å². The standard InChI is InChI=1S/C24H21N3O3S/c1-3-14-9-10-17-16(12-14)24(23(28)25-17)27-19(13-18(26-27)21-8-5-11-31-21)15-6-4-7-20(29-2)22(15)30-24/h4-12,19H,3,13H2,1-2H3,(H,25,28)/t19-,24+/m0/s1. The van der Waals surface area contributed by atoms with E-state index in [-0.39, 0.29) is 11.9 Å². The number of rotatable bonds is 3. The molecule has 1 amide bonds. The number of amides is 1. The number of carbonyl (C=O) groups excluding carboxylic acids is 1. The van der Waals surface area contributed by atoms with Gasteiger partial charge in [0, 0.05) is 12.0 Å². The molecule has 156 valence electrons. The minimum atomic E-state index is -1.37. The zero-order valence-corrected chi connectivity index (χ0v) is 18.0. The van der Waals surface area contributed by atoms with Crippen molar-refractivity contribution in [3.63, 3.8) is 0 Å². The Morgan fingerprint density at radius 3 is 2.97 bits per heavy atom. The highest BCUT2D eigenvalue weighted by atomic mass is 32.1. The average molecular weight is 432 g/mol. The number of fused-ring (bicyclic) bond motifs is 6. The molecule has 0 radical (unpaired) electrons. The van der Waals surface area contributed by atoms with Crippen molar-refractivity contribution in [1.29, 1.82) is 0 Å². The van der Waals surface area contributed by atoms with E-state index in [9.17, 15) is 4.79 Å². The average Bonchev–Trinajstić information content (AvgIpc) is 3.52. The van der Waals surface area contributed by atoms with Crippen LogP contribution in [0.25, 0.3) is 0 Å². The molecule has 0 saturated carbocycles. The van der Waals surface area contributed by atoms with Crippen molar-refractivity contribution in [2.45, 2.75) is 31.5 Å². The van der Waals surface area contributed by atoms with Gasteiger partial charge in [-0.25, -0.2) is 5.01 Å². The van der Waals surface area contributed by atoms with Gasteiger partial charge in [-0.1, -0.05) is 31.2 Å². The maximum Gasteiger partial charge on any atom is 0.306 e. The fourth-order valence-corrected chi connectivity index (χ4v) is 5.47. The molecular weight excluding hydrogens is 410 g/mol. The number of methoxy groups -OCH3 is 1. The molecule has 4 heterocycles. The Kier molecular flexibility index (Phi) is 3.92. The zero-order chi connectivity index (χ0) is 21.2. The second-order valence-electron chi connectivity index (χ2n) is 7.90. The first kappa shape index (κ1) is 18.4. The van der Waals surface area contributed by atoms with Crippen LogP contribution in [0.15, 0.2) is 59.0 Å². The summed E-state index contributed by atoms with van der Waals surface area (Å²) in [4.78, 5) is 14.7. The molecule has 3 aliphatic heterocycles. The maximum atomic E-state index is 13.6. The van der Waals surface area contributed by atoms with Gasteiger partial charge in [-0.2, -0.15) is 5.10 Å². The Hall–Kier alpha value is -3.32. The van der Waals surface area contributed by atoms with Gasteiger partial charge in [-0.05, 0) is 41.6 Å². The van der Waals surface area contributed by atoms with E-state index >= 15 is 0 Å². The van der Waals surface area contributed by atoms with E-state index in [1.807, 2.05) is 46.8 Å². The van der Waals surface area contributed by atoms with Crippen LogP contribution in [0.2, 0.25) is 0 Å². The van der Waals surface area contributed by atoms with Crippen LogP contribution in [0.5, 0.6) is 11.5 Å². The van der Waals surface area contributed by atoms with E-state index in [4.69, 9.17) is 14.6 Å². The number of aryl methyl sites for hydroxylation is 1. The van der Waals surface area contributed by atoms with E-state index in [2.05, 4.69) is 24.4 Å². The van der Waals surface area contributed by atoms with Crippen molar-refractivity contribution < 1.29 is 14.3 Å². The normalized spacial score (nSPS) is 23.0. The first-order valence-corrected chi connectivity index (χ1v) is 11.2. The van der Waals surface area contributed by atoms with Crippen molar-refractivity contribution in [1.82, 2.24) is 5.01 Å². The van der Waals surface area contributed by atoms with E-state index < -0.39 is 5.72 Å². The van der Waals surface area contributed by atoms with Crippen LogP contribution in [-0.4, -0.2) is 23.7 Å². The molecule has 0 fully saturated rings. The molecule has 2 aromatic carbocycles. The number of carbonyl (C=O) groups is 1. The number of ether oxygens (including phenoxy) is 2. The molecule has 7 heteroatoms. The predicted octanol–water partition coefficient (Wildman–Crippen LogP) is 4.67. The molecule has 0 aliphatic carbocycles. The summed E-state index contributed by atoms with van der Waals surface area (Å²) in [5.74, 6) is 1.00. The minimum Gasteiger partial charge on any atom is -0.493 e. The third-order valence-electron chi connectivity index (χ3n) is 6.29. The Morgan fingerprint density at radius 2 is 2.19 bits per heavy atom. The number of hydrogen-bond acceptors (Lipinski definition) is 6. The molecular formula is C24H21N3O3S. The first-order valence-electron chi connectivity index (χ1n) is 10.4. The van der Waals surface area contributed by atoms with E-state index in [1.165, 1.54) is 0 Å². The Balaban J connectivity index is 1.61. The van der Waals surface area contributed by atoms with Crippen molar-refractivity contribution in [3.05, 3.63) is 75.5 Å². The second-order valence-corrected chi connectivity index (χ2v) is 8.85. The van der Waals surface area contributed by atoms with Gasteiger partial charge in [0.15, 0.2) is 11.5 Å². The highest BCUT2D eigenvalue weighted by molar-refractivity contribution is 7.12. The van der Waals surface area contributed by atoms with Crippen LogP contribution in [0, 0.1) is 0 Å². The van der Waals surface area contributed by atoms with Crippen LogP contribution in [0.4, 0.5) is 5.69 Å². The lowest BCUT2D eigenvalue weighted by Crippen LogP contribution is -2.55. The lowest BCUT2D eigenvalue weighted by atomic mass is 9.92. The van der Waals surface area contributed by atoms with Crippen molar-refractivity contribution >= 4 is 28.6 Å². The van der Waals surface area contributed by atoms with Gasteiger partial charge in [-0.15, -0.1) is 11.3 Å².